The number of carbonyl (C=O) groups is 1. The molecule has 0 fully saturated rings. The molecule has 0 bridgehead atoms. The summed E-state index contributed by atoms with van der Waals surface area (Å²) in [6.45, 7) is 3.58. The molecule has 2 aromatic rings. The van der Waals surface area contributed by atoms with E-state index in [9.17, 15) is 4.79 Å². The number of likely N-dealkylation sites (N-methyl/N-ethyl adjacent to an activating group) is 1. The lowest BCUT2D eigenvalue weighted by atomic mass is 10.0. The summed E-state index contributed by atoms with van der Waals surface area (Å²) in [5, 5.41) is 14.9. The molecule has 7 heteroatoms. The molecule has 6 nitrogen and oxygen atoms in total. The average molecular weight is 281 g/mol. The van der Waals surface area contributed by atoms with Crippen molar-refractivity contribution in [2.45, 2.75) is 25.9 Å². The molecule has 0 saturated heterocycles. The van der Waals surface area contributed by atoms with Crippen molar-refractivity contribution in [3.05, 3.63) is 23.3 Å². The highest BCUT2D eigenvalue weighted by atomic mass is 32.1. The number of nitrogens with zero attached hydrogens (tertiary/aromatic N) is 3. The van der Waals surface area contributed by atoms with E-state index in [1.165, 1.54) is 11.3 Å². The number of thiophene rings is 1. The number of aliphatic carboxylic acids is 1. The Kier molecular flexibility index (Phi) is 3.68. The number of hydrogen-bond acceptors (Lipinski definition) is 6. The van der Waals surface area contributed by atoms with Gasteiger partial charge in [-0.25, -0.2) is 0 Å². The first-order valence-electron chi connectivity index (χ1n) is 5.72. The Bertz CT molecular complexity index is 563. The molecule has 19 heavy (non-hydrogen) atoms. The van der Waals surface area contributed by atoms with Crippen LogP contribution in [0, 0.1) is 0 Å². The molecule has 0 spiro atoms. The Balaban J connectivity index is 2.11. The van der Waals surface area contributed by atoms with Crippen LogP contribution < -0.4 is 0 Å². The second-order valence-electron chi connectivity index (χ2n) is 4.71. The second kappa shape index (κ2) is 5.10. The zero-order valence-corrected chi connectivity index (χ0v) is 11.8. The lowest BCUT2D eigenvalue weighted by Gasteiger charge is -2.30. The third kappa shape index (κ3) is 2.82. The molecule has 0 aromatic carbocycles. The van der Waals surface area contributed by atoms with E-state index in [1.807, 2.05) is 17.5 Å². The molecule has 0 saturated carbocycles. The van der Waals surface area contributed by atoms with Crippen LogP contribution in [0.1, 0.15) is 19.7 Å². The van der Waals surface area contributed by atoms with Crippen molar-refractivity contribution >= 4 is 17.3 Å². The molecule has 2 rings (SSSR count). The highest BCUT2D eigenvalue weighted by Gasteiger charge is 2.32. The third-order valence-corrected chi connectivity index (χ3v) is 3.91. The molecule has 2 aromatic heterocycles. The molecule has 1 N–H and O–H groups in total. The van der Waals surface area contributed by atoms with Gasteiger partial charge in [0.15, 0.2) is 5.82 Å². The molecule has 102 valence electrons. The van der Waals surface area contributed by atoms with Gasteiger partial charge in [-0.1, -0.05) is 11.2 Å². The fourth-order valence-corrected chi connectivity index (χ4v) is 2.04. The molecule has 0 aliphatic heterocycles. The molecule has 0 atom stereocenters. The lowest BCUT2D eigenvalue weighted by Crippen LogP contribution is -2.47. The van der Waals surface area contributed by atoms with Gasteiger partial charge in [-0.15, -0.1) is 11.3 Å². The molecule has 0 amide bonds. The van der Waals surface area contributed by atoms with E-state index >= 15 is 0 Å². The Hall–Kier alpha value is -1.73. The Morgan fingerprint density at radius 3 is 2.89 bits per heavy atom. The van der Waals surface area contributed by atoms with Crippen molar-refractivity contribution in [2.24, 2.45) is 0 Å². The van der Waals surface area contributed by atoms with E-state index in [1.54, 1.807) is 25.8 Å². The van der Waals surface area contributed by atoms with Crippen LogP contribution in [0.25, 0.3) is 10.8 Å². The lowest BCUT2D eigenvalue weighted by molar-refractivity contribution is -0.148. The Labute approximate surface area is 114 Å². The van der Waals surface area contributed by atoms with Crippen molar-refractivity contribution in [1.29, 1.82) is 0 Å². The number of aromatic nitrogens is 2. The van der Waals surface area contributed by atoms with Crippen LogP contribution in [0.15, 0.2) is 22.0 Å². The van der Waals surface area contributed by atoms with Gasteiger partial charge in [0.25, 0.3) is 5.89 Å². The van der Waals surface area contributed by atoms with E-state index in [0.29, 0.717) is 18.3 Å². The predicted molar refractivity (Wildman–Crippen MR) is 70.8 cm³/mol. The first kappa shape index (κ1) is 13.7. The average Bonchev–Trinajstić information content (AvgIpc) is 2.97. The number of hydrogen-bond donors (Lipinski definition) is 1. The van der Waals surface area contributed by atoms with Gasteiger partial charge in [0.05, 0.1) is 11.4 Å². The summed E-state index contributed by atoms with van der Waals surface area (Å²) >= 11 is 1.51. The van der Waals surface area contributed by atoms with E-state index in [-0.39, 0.29) is 0 Å². The van der Waals surface area contributed by atoms with Gasteiger partial charge in [0, 0.05) is 0 Å². The second-order valence-corrected chi connectivity index (χ2v) is 5.66. The summed E-state index contributed by atoms with van der Waals surface area (Å²) in [5.74, 6) is 0.0451. The van der Waals surface area contributed by atoms with Gasteiger partial charge in [-0.05, 0) is 32.3 Å². The summed E-state index contributed by atoms with van der Waals surface area (Å²) in [7, 11) is 1.72. The maximum atomic E-state index is 11.1. The number of rotatable bonds is 5. The van der Waals surface area contributed by atoms with Crippen LogP contribution in [0.5, 0.6) is 0 Å². The third-order valence-electron chi connectivity index (χ3n) is 3.06. The van der Waals surface area contributed by atoms with Crippen molar-refractivity contribution in [3.8, 4) is 10.8 Å². The van der Waals surface area contributed by atoms with Crippen LogP contribution in [-0.2, 0) is 11.3 Å². The SMILES string of the molecule is CN(Cc1noc(-c2cccs2)n1)C(C)(C)C(=O)O. The summed E-state index contributed by atoms with van der Waals surface area (Å²) in [6.07, 6.45) is 0. The minimum Gasteiger partial charge on any atom is -0.480 e. The largest absolute Gasteiger partial charge is 0.480 e. The molecule has 0 radical (unpaired) electrons. The van der Waals surface area contributed by atoms with Gasteiger partial charge < -0.3 is 9.63 Å². The van der Waals surface area contributed by atoms with Crippen molar-refractivity contribution < 1.29 is 14.4 Å². The maximum Gasteiger partial charge on any atom is 0.323 e. The van der Waals surface area contributed by atoms with Crippen LogP contribution in [0.4, 0.5) is 0 Å². The van der Waals surface area contributed by atoms with Crippen LogP contribution in [0.3, 0.4) is 0 Å². The molecular weight excluding hydrogens is 266 g/mol. The summed E-state index contributed by atoms with van der Waals surface area (Å²) < 4.78 is 5.16. The highest BCUT2D eigenvalue weighted by Crippen LogP contribution is 2.23. The zero-order chi connectivity index (χ0) is 14.0. The van der Waals surface area contributed by atoms with Crippen LogP contribution in [-0.4, -0.2) is 38.7 Å². The van der Waals surface area contributed by atoms with Crippen molar-refractivity contribution in [2.75, 3.05) is 7.05 Å². The van der Waals surface area contributed by atoms with Gasteiger partial charge in [-0.2, -0.15) is 4.98 Å². The van der Waals surface area contributed by atoms with E-state index in [0.717, 1.165) is 4.88 Å². The maximum absolute atomic E-state index is 11.1. The van der Waals surface area contributed by atoms with Crippen LogP contribution >= 0.6 is 11.3 Å². The topological polar surface area (TPSA) is 79.5 Å². The predicted octanol–water partition coefficient (Wildman–Crippen LogP) is 2.09. The van der Waals surface area contributed by atoms with E-state index < -0.39 is 11.5 Å². The minimum atomic E-state index is -0.982. The molecule has 0 aliphatic rings. The molecule has 0 aliphatic carbocycles. The van der Waals surface area contributed by atoms with Gasteiger partial charge in [0.2, 0.25) is 0 Å². The van der Waals surface area contributed by atoms with Gasteiger partial charge in [0.1, 0.15) is 5.54 Å². The number of carboxylic acids is 1. The van der Waals surface area contributed by atoms with Gasteiger partial charge in [-0.3, -0.25) is 9.69 Å². The quantitative estimate of drug-likeness (QED) is 0.904. The van der Waals surface area contributed by atoms with Crippen molar-refractivity contribution in [1.82, 2.24) is 15.0 Å². The Morgan fingerprint density at radius 1 is 1.58 bits per heavy atom. The molecular formula is C12H15N3O3S. The molecule has 0 unspecified atom stereocenters. The first-order chi connectivity index (χ1) is 8.91. The number of carboxylic acid groups (broad SMARTS) is 1. The molecule has 2 heterocycles. The summed E-state index contributed by atoms with van der Waals surface area (Å²) in [6, 6.07) is 3.80. The normalized spacial score (nSPS) is 12.0. The van der Waals surface area contributed by atoms with Gasteiger partial charge >= 0.3 is 5.97 Å². The summed E-state index contributed by atoms with van der Waals surface area (Å²) in [5.41, 5.74) is -0.982. The standard InChI is InChI=1S/C12H15N3O3S/c1-12(2,11(16)17)15(3)7-9-13-10(18-14-9)8-5-4-6-19-8/h4-6H,7H2,1-3H3,(H,16,17). The smallest absolute Gasteiger partial charge is 0.323 e. The first-order valence-corrected chi connectivity index (χ1v) is 6.60. The fourth-order valence-electron chi connectivity index (χ4n) is 1.39. The van der Waals surface area contributed by atoms with Crippen LogP contribution in [0.2, 0.25) is 0 Å². The summed E-state index contributed by atoms with van der Waals surface area (Å²) in [4.78, 5) is 18.0. The van der Waals surface area contributed by atoms with E-state index in [2.05, 4.69) is 10.1 Å². The highest BCUT2D eigenvalue weighted by molar-refractivity contribution is 7.13. The zero-order valence-electron chi connectivity index (χ0n) is 11.0. The van der Waals surface area contributed by atoms with E-state index in [4.69, 9.17) is 9.63 Å². The fraction of sp³-hybridized carbons (Fsp3) is 0.417. The Morgan fingerprint density at radius 2 is 2.32 bits per heavy atom. The monoisotopic (exact) mass is 281 g/mol. The minimum absolute atomic E-state index is 0.314. The van der Waals surface area contributed by atoms with Crippen molar-refractivity contribution in [3.63, 3.8) is 0 Å².